The van der Waals surface area contributed by atoms with Gasteiger partial charge >= 0.3 is 0 Å². The van der Waals surface area contributed by atoms with Crippen molar-refractivity contribution in [2.75, 3.05) is 0 Å². The third-order valence-corrected chi connectivity index (χ3v) is 2.78. The van der Waals surface area contributed by atoms with Gasteiger partial charge in [-0.25, -0.2) is 9.97 Å². The van der Waals surface area contributed by atoms with Crippen LogP contribution in [0.2, 0.25) is 0 Å². The Bertz CT molecular complexity index is 707. The van der Waals surface area contributed by atoms with E-state index in [0.29, 0.717) is 11.2 Å². The molecule has 0 unspecified atom stereocenters. The van der Waals surface area contributed by atoms with Gasteiger partial charge in [-0.15, -0.1) is 5.10 Å². The van der Waals surface area contributed by atoms with E-state index in [0.717, 1.165) is 17.6 Å². The predicted molar refractivity (Wildman–Crippen MR) is 64.2 cm³/mol. The summed E-state index contributed by atoms with van der Waals surface area (Å²) in [6.45, 7) is 2.76. The lowest BCUT2D eigenvalue weighted by molar-refractivity contribution is 0.584. The number of aryl methyl sites for hydroxylation is 1. The highest BCUT2D eigenvalue weighted by molar-refractivity contribution is 5.88. The van der Waals surface area contributed by atoms with Crippen molar-refractivity contribution in [1.82, 2.24) is 24.7 Å². The first-order valence-corrected chi connectivity index (χ1v) is 5.58. The molecule has 3 aromatic heterocycles. The number of halogens is 1. The SMILES string of the molecule is CCn1cnc2c(-c3ccnc(F)c3)cnnc21. The van der Waals surface area contributed by atoms with Crippen molar-refractivity contribution in [2.45, 2.75) is 13.5 Å². The molecule has 0 spiro atoms. The average molecular weight is 243 g/mol. The Balaban J connectivity index is 2.26. The van der Waals surface area contributed by atoms with Crippen LogP contribution >= 0.6 is 0 Å². The lowest BCUT2D eigenvalue weighted by atomic mass is 10.1. The van der Waals surface area contributed by atoms with E-state index in [9.17, 15) is 4.39 Å². The minimum Gasteiger partial charge on any atom is -0.314 e. The van der Waals surface area contributed by atoms with E-state index >= 15 is 0 Å². The van der Waals surface area contributed by atoms with Crippen LogP contribution in [-0.2, 0) is 6.54 Å². The third kappa shape index (κ3) is 1.62. The van der Waals surface area contributed by atoms with Gasteiger partial charge in [0.1, 0.15) is 5.52 Å². The molecule has 0 saturated carbocycles. The topological polar surface area (TPSA) is 56.5 Å². The van der Waals surface area contributed by atoms with Crippen LogP contribution in [0.3, 0.4) is 0 Å². The predicted octanol–water partition coefficient (Wildman–Crippen LogP) is 2.05. The second-order valence-electron chi connectivity index (χ2n) is 3.83. The van der Waals surface area contributed by atoms with Gasteiger partial charge in [-0.2, -0.15) is 9.49 Å². The normalized spacial score (nSPS) is 11.0. The summed E-state index contributed by atoms with van der Waals surface area (Å²) in [5, 5.41) is 8.01. The number of nitrogens with zero attached hydrogens (tertiary/aromatic N) is 5. The standard InChI is InChI=1S/C12H10FN5/c1-2-18-7-15-11-9(6-16-17-12(11)18)8-3-4-14-10(13)5-8/h3-7H,2H2,1H3. The summed E-state index contributed by atoms with van der Waals surface area (Å²) in [7, 11) is 0. The Kier molecular flexibility index (Phi) is 2.47. The maximum Gasteiger partial charge on any atom is 0.213 e. The van der Waals surface area contributed by atoms with E-state index in [-0.39, 0.29) is 0 Å². The summed E-state index contributed by atoms with van der Waals surface area (Å²) in [6.07, 6.45) is 4.72. The van der Waals surface area contributed by atoms with Crippen LogP contribution in [0.15, 0.2) is 30.9 Å². The number of aromatic nitrogens is 5. The molecule has 0 radical (unpaired) electrons. The molecule has 0 aromatic carbocycles. The van der Waals surface area contributed by atoms with Crippen molar-refractivity contribution in [2.24, 2.45) is 0 Å². The average Bonchev–Trinajstić information content (AvgIpc) is 2.81. The Morgan fingerprint density at radius 1 is 1.33 bits per heavy atom. The van der Waals surface area contributed by atoms with Gasteiger partial charge in [-0.3, -0.25) is 0 Å². The molecular formula is C12H10FN5. The van der Waals surface area contributed by atoms with E-state index in [4.69, 9.17) is 0 Å². The molecule has 18 heavy (non-hydrogen) atoms. The number of fused-ring (bicyclic) bond motifs is 1. The van der Waals surface area contributed by atoms with Crippen molar-refractivity contribution < 1.29 is 4.39 Å². The van der Waals surface area contributed by atoms with Gasteiger partial charge in [0.05, 0.1) is 12.5 Å². The minimum absolute atomic E-state index is 0.521. The van der Waals surface area contributed by atoms with Crippen LogP contribution < -0.4 is 0 Å². The van der Waals surface area contributed by atoms with Crippen LogP contribution in [0.5, 0.6) is 0 Å². The second kappa shape index (κ2) is 4.14. The number of hydrogen-bond donors (Lipinski definition) is 0. The van der Waals surface area contributed by atoms with E-state index in [2.05, 4.69) is 20.2 Å². The minimum atomic E-state index is -0.521. The monoisotopic (exact) mass is 243 g/mol. The van der Waals surface area contributed by atoms with Crippen LogP contribution in [0.25, 0.3) is 22.3 Å². The smallest absolute Gasteiger partial charge is 0.213 e. The van der Waals surface area contributed by atoms with Crippen molar-refractivity contribution in [3.8, 4) is 11.1 Å². The van der Waals surface area contributed by atoms with Gasteiger partial charge in [-0.1, -0.05) is 0 Å². The van der Waals surface area contributed by atoms with Crippen LogP contribution in [-0.4, -0.2) is 24.7 Å². The first-order valence-electron chi connectivity index (χ1n) is 5.58. The zero-order valence-electron chi connectivity index (χ0n) is 9.71. The number of rotatable bonds is 2. The molecule has 90 valence electrons. The molecular weight excluding hydrogens is 233 g/mol. The van der Waals surface area contributed by atoms with E-state index < -0.39 is 5.95 Å². The highest BCUT2D eigenvalue weighted by atomic mass is 19.1. The molecule has 3 rings (SSSR count). The van der Waals surface area contributed by atoms with E-state index in [1.54, 1.807) is 18.6 Å². The van der Waals surface area contributed by atoms with Crippen molar-refractivity contribution in [1.29, 1.82) is 0 Å². The molecule has 3 aromatic rings. The Hall–Kier alpha value is -2.37. The Labute approximate surface area is 102 Å². The molecule has 0 atom stereocenters. The van der Waals surface area contributed by atoms with Crippen LogP contribution in [0.1, 0.15) is 6.92 Å². The quantitative estimate of drug-likeness (QED) is 0.646. The zero-order chi connectivity index (χ0) is 12.5. The number of pyridine rings is 1. The van der Waals surface area contributed by atoms with Gasteiger partial charge < -0.3 is 4.57 Å². The van der Waals surface area contributed by atoms with Gasteiger partial charge in [0.2, 0.25) is 5.95 Å². The molecule has 0 saturated heterocycles. The molecule has 5 nitrogen and oxygen atoms in total. The first kappa shape index (κ1) is 10.8. The summed E-state index contributed by atoms with van der Waals surface area (Å²) < 4.78 is 15.0. The van der Waals surface area contributed by atoms with Crippen LogP contribution in [0, 0.1) is 5.95 Å². The van der Waals surface area contributed by atoms with Gasteiger partial charge in [0.25, 0.3) is 0 Å². The summed E-state index contributed by atoms with van der Waals surface area (Å²) in [4.78, 5) is 7.85. The van der Waals surface area contributed by atoms with Crippen molar-refractivity contribution >= 4 is 11.2 Å². The van der Waals surface area contributed by atoms with Gasteiger partial charge in [0, 0.05) is 24.4 Å². The maximum absolute atomic E-state index is 13.2. The van der Waals surface area contributed by atoms with Gasteiger partial charge in [-0.05, 0) is 18.6 Å². The summed E-state index contributed by atoms with van der Waals surface area (Å²) in [5.41, 5.74) is 2.88. The first-order chi connectivity index (χ1) is 8.79. The molecule has 0 bridgehead atoms. The van der Waals surface area contributed by atoms with Crippen molar-refractivity contribution in [3.05, 3.63) is 36.8 Å². The molecule has 0 aliphatic carbocycles. The highest BCUT2D eigenvalue weighted by Gasteiger charge is 2.11. The molecule has 3 heterocycles. The zero-order valence-corrected chi connectivity index (χ0v) is 9.71. The Morgan fingerprint density at radius 2 is 2.22 bits per heavy atom. The fourth-order valence-corrected chi connectivity index (χ4v) is 1.89. The summed E-state index contributed by atoms with van der Waals surface area (Å²) >= 11 is 0. The number of hydrogen-bond acceptors (Lipinski definition) is 4. The third-order valence-electron chi connectivity index (χ3n) is 2.78. The highest BCUT2D eigenvalue weighted by Crippen LogP contribution is 2.25. The van der Waals surface area contributed by atoms with Crippen LogP contribution in [0.4, 0.5) is 4.39 Å². The molecule has 6 heteroatoms. The molecule has 0 N–H and O–H groups in total. The number of imidazole rings is 1. The van der Waals surface area contributed by atoms with Gasteiger partial charge in [0.15, 0.2) is 5.65 Å². The second-order valence-corrected chi connectivity index (χ2v) is 3.83. The summed E-state index contributed by atoms with van der Waals surface area (Å²) in [5.74, 6) is -0.521. The van der Waals surface area contributed by atoms with Crippen molar-refractivity contribution in [3.63, 3.8) is 0 Å². The largest absolute Gasteiger partial charge is 0.314 e. The van der Waals surface area contributed by atoms with E-state index in [1.807, 2.05) is 11.5 Å². The molecule has 0 aliphatic rings. The fraction of sp³-hybridized carbons (Fsp3) is 0.167. The maximum atomic E-state index is 13.2. The Morgan fingerprint density at radius 3 is 3.00 bits per heavy atom. The fourth-order valence-electron chi connectivity index (χ4n) is 1.89. The lowest BCUT2D eigenvalue weighted by Gasteiger charge is -2.02. The molecule has 0 aliphatic heterocycles. The molecule has 0 amide bonds. The molecule has 0 fully saturated rings. The summed E-state index contributed by atoms with van der Waals surface area (Å²) in [6, 6.07) is 3.09. The lowest BCUT2D eigenvalue weighted by Crippen LogP contribution is -1.95. The van der Waals surface area contributed by atoms with E-state index in [1.165, 1.54) is 12.3 Å².